The van der Waals surface area contributed by atoms with Crippen LogP contribution in [0.2, 0.25) is 0 Å². The maximum Gasteiger partial charge on any atom is 0.321 e. The standard InChI is InChI=1S/C20H23N3O3/c1-14(9-10-15-7-5-4-6-8-15)21-20-22-19(23-26-20)16-11-12-17(24-2)18(13-16)25-3/h4-8,11-14H,9-10H2,1-3H3,(H,21,22,23). The number of hydrogen-bond donors (Lipinski definition) is 1. The average molecular weight is 353 g/mol. The van der Waals surface area contributed by atoms with Crippen molar-refractivity contribution in [3.05, 3.63) is 54.1 Å². The maximum absolute atomic E-state index is 5.33. The van der Waals surface area contributed by atoms with E-state index in [0.717, 1.165) is 18.4 Å². The highest BCUT2D eigenvalue weighted by molar-refractivity contribution is 5.61. The fourth-order valence-electron chi connectivity index (χ4n) is 2.69. The second-order valence-electron chi connectivity index (χ2n) is 6.06. The van der Waals surface area contributed by atoms with E-state index in [1.165, 1.54) is 5.56 Å². The highest BCUT2D eigenvalue weighted by Gasteiger charge is 2.13. The average Bonchev–Trinajstić information content (AvgIpc) is 3.15. The lowest BCUT2D eigenvalue weighted by Gasteiger charge is -2.11. The van der Waals surface area contributed by atoms with Gasteiger partial charge in [-0.3, -0.25) is 0 Å². The van der Waals surface area contributed by atoms with Crippen LogP contribution in [0.25, 0.3) is 11.4 Å². The number of hydrogen-bond acceptors (Lipinski definition) is 6. The lowest BCUT2D eigenvalue weighted by Crippen LogP contribution is -2.16. The van der Waals surface area contributed by atoms with Crippen LogP contribution in [0.5, 0.6) is 11.5 Å². The van der Waals surface area contributed by atoms with Gasteiger partial charge in [0.25, 0.3) is 0 Å². The zero-order valence-electron chi connectivity index (χ0n) is 15.2. The van der Waals surface area contributed by atoms with Gasteiger partial charge in [0.05, 0.1) is 14.2 Å². The third-order valence-electron chi connectivity index (χ3n) is 4.15. The van der Waals surface area contributed by atoms with Crippen molar-refractivity contribution in [2.45, 2.75) is 25.8 Å². The molecular formula is C20H23N3O3. The van der Waals surface area contributed by atoms with Crippen molar-refractivity contribution in [1.29, 1.82) is 0 Å². The SMILES string of the molecule is COc1ccc(-c2noc(NC(C)CCc3ccccc3)n2)cc1OC. The van der Waals surface area contributed by atoms with Crippen molar-refractivity contribution in [2.24, 2.45) is 0 Å². The van der Waals surface area contributed by atoms with Gasteiger partial charge in [-0.1, -0.05) is 35.5 Å². The van der Waals surface area contributed by atoms with E-state index in [1.807, 2.05) is 24.3 Å². The molecule has 0 fully saturated rings. The minimum atomic E-state index is 0.217. The molecule has 1 unspecified atom stereocenters. The summed E-state index contributed by atoms with van der Waals surface area (Å²) in [7, 11) is 3.20. The van der Waals surface area contributed by atoms with E-state index in [2.05, 4.69) is 46.6 Å². The monoisotopic (exact) mass is 353 g/mol. The molecular weight excluding hydrogens is 330 g/mol. The van der Waals surface area contributed by atoms with Gasteiger partial charge in [0.1, 0.15) is 0 Å². The Labute approximate surface area is 153 Å². The Morgan fingerprint density at radius 1 is 1.04 bits per heavy atom. The largest absolute Gasteiger partial charge is 0.493 e. The Balaban J connectivity index is 1.62. The van der Waals surface area contributed by atoms with Crippen LogP contribution in [0, 0.1) is 0 Å². The molecule has 1 heterocycles. The highest BCUT2D eigenvalue weighted by atomic mass is 16.5. The van der Waals surface area contributed by atoms with E-state index >= 15 is 0 Å². The number of methoxy groups -OCH3 is 2. The molecule has 0 amide bonds. The first kappa shape index (κ1) is 17.8. The summed E-state index contributed by atoms with van der Waals surface area (Å²) in [6, 6.07) is 16.6. The Morgan fingerprint density at radius 3 is 2.54 bits per heavy atom. The van der Waals surface area contributed by atoms with Crippen LogP contribution in [0.3, 0.4) is 0 Å². The minimum Gasteiger partial charge on any atom is -0.493 e. The lowest BCUT2D eigenvalue weighted by atomic mass is 10.1. The van der Waals surface area contributed by atoms with Crippen molar-refractivity contribution in [3.63, 3.8) is 0 Å². The first-order valence-electron chi connectivity index (χ1n) is 8.56. The number of rotatable bonds is 8. The van der Waals surface area contributed by atoms with Crippen LogP contribution in [-0.4, -0.2) is 30.4 Å². The van der Waals surface area contributed by atoms with Crippen LogP contribution >= 0.6 is 0 Å². The molecule has 0 saturated heterocycles. The predicted molar refractivity (Wildman–Crippen MR) is 101 cm³/mol. The Bertz CT molecular complexity index is 833. The molecule has 1 N–H and O–H groups in total. The van der Waals surface area contributed by atoms with Gasteiger partial charge in [0.2, 0.25) is 5.82 Å². The number of anilines is 1. The zero-order valence-corrected chi connectivity index (χ0v) is 15.2. The van der Waals surface area contributed by atoms with E-state index in [0.29, 0.717) is 23.3 Å². The highest BCUT2D eigenvalue weighted by Crippen LogP contribution is 2.31. The van der Waals surface area contributed by atoms with E-state index in [4.69, 9.17) is 14.0 Å². The fourth-order valence-corrected chi connectivity index (χ4v) is 2.69. The molecule has 0 radical (unpaired) electrons. The van der Waals surface area contributed by atoms with Crippen LogP contribution in [-0.2, 0) is 6.42 Å². The molecule has 6 heteroatoms. The quantitative estimate of drug-likeness (QED) is 0.655. The topological polar surface area (TPSA) is 69.4 Å². The van der Waals surface area contributed by atoms with Crippen molar-refractivity contribution < 1.29 is 14.0 Å². The second kappa shape index (κ2) is 8.38. The number of ether oxygens (including phenoxy) is 2. The number of nitrogens with zero attached hydrogens (tertiary/aromatic N) is 2. The predicted octanol–water partition coefficient (Wildman–Crippen LogP) is 4.19. The molecule has 3 aromatic rings. The van der Waals surface area contributed by atoms with Crippen molar-refractivity contribution in [3.8, 4) is 22.9 Å². The molecule has 0 aliphatic carbocycles. The van der Waals surface area contributed by atoms with E-state index in [-0.39, 0.29) is 6.04 Å². The van der Waals surface area contributed by atoms with Crippen molar-refractivity contribution in [1.82, 2.24) is 10.1 Å². The minimum absolute atomic E-state index is 0.217. The summed E-state index contributed by atoms with van der Waals surface area (Å²) in [4.78, 5) is 4.42. The first-order valence-corrected chi connectivity index (χ1v) is 8.56. The van der Waals surface area contributed by atoms with Gasteiger partial charge in [0, 0.05) is 11.6 Å². The summed E-state index contributed by atoms with van der Waals surface area (Å²) in [6.45, 7) is 2.10. The number of benzene rings is 2. The molecule has 3 rings (SSSR count). The molecule has 0 aliphatic rings. The normalized spacial score (nSPS) is 11.8. The third kappa shape index (κ3) is 4.33. The van der Waals surface area contributed by atoms with Gasteiger partial charge in [-0.25, -0.2) is 0 Å². The van der Waals surface area contributed by atoms with Gasteiger partial charge < -0.3 is 19.3 Å². The van der Waals surface area contributed by atoms with Crippen LogP contribution in [0.15, 0.2) is 53.1 Å². The van der Waals surface area contributed by atoms with E-state index in [9.17, 15) is 0 Å². The summed E-state index contributed by atoms with van der Waals surface area (Å²) in [5.41, 5.74) is 2.12. The van der Waals surface area contributed by atoms with Crippen molar-refractivity contribution in [2.75, 3.05) is 19.5 Å². The van der Waals surface area contributed by atoms with Gasteiger partial charge in [-0.15, -0.1) is 0 Å². The summed E-state index contributed by atoms with van der Waals surface area (Å²) in [5, 5.41) is 7.30. The lowest BCUT2D eigenvalue weighted by molar-refractivity contribution is 0.355. The summed E-state index contributed by atoms with van der Waals surface area (Å²) < 4.78 is 15.9. The molecule has 0 spiro atoms. The van der Waals surface area contributed by atoms with Gasteiger partial charge >= 0.3 is 6.01 Å². The van der Waals surface area contributed by atoms with Gasteiger partial charge in [0.15, 0.2) is 11.5 Å². The van der Waals surface area contributed by atoms with Crippen molar-refractivity contribution >= 4 is 6.01 Å². The number of nitrogens with one attached hydrogen (secondary N) is 1. The number of aromatic nitrogens is 2. The summed E-state index contributed by atoms with van der Waals surface area (Å²) in [5.74, 6) is 1.79. The molecule has 0 bridgehead atoms. The zero-order chi connectivity index (χ0) is 18.4. The van der Waals surface area contributed by atoms with E-state index < -0.39 is 0 Å². The van der Waals surface area contributed by atoms with Gasteiger partial charge in [-0.05, 0) is 43.5 Å². The molecule has 26 heavy (non-hydrogen) atoms. The Morgan fingerprint density at radius 2 is 1.81 bits per heavy atom. The van der Waals surface area contributed by atoms with Gasteiger partial charge in [-0.2, -0.15) is 4.98 Å². The van der Waals surface area contributed by atoms with Crippen LogP contribution in [0.4, 0.5) is 6.01 Å². The molecule has 1 atom stereocenters. The summed E-state index contributed by atoms with van der Waals surface area (Å²) in [6.07, 6.45) is 1.96. The molecule has 0 aliphatic heterocycles. The smallest absolute Gasteiger partial charge is 0.321 e. The second-order valence-corrected chi connectivity index (χ2v) is 6.06. The first-order chi connectivity index (χ1) is 12.7. The maximum atomic E-state index is 5.33. The Kier molecular flexibility index (Phi) is 5.73. The fraction of sp³-hybridized carbons (Fsp3) is 0.300. The number of aryl methyl sites for hydroxylation is 1. The molecule has 2 aromatic carbocycles. The molecule has 6 nitrogen and oxygen atoms in total. The molecule has 0 saturated carbocycles. The Hall–Kier alpha value is -3.02. The summed E-state index contributed by atoms with van der Waals surface area (Å²) >= 11 is 0. The van der Waals surface area contributed by atoms with Crippen LogP contribution < -0.4 is 14.8 Å². The van der Waals surface area contributed by atoms with Crippen LogP contribution in [0.1, 0.15) is 18.9 Å². The van der Waals surface area contributed by atoms with E-state index in [1.54, 1.807) is 14.2 Å². The molecule has 136 valence electrons. The molecule has 1 aromatic heterocycles. The third-order valence-corrected chi connectivity index (χ3v) is 4.15.